The number of aryl methyl sites for hydroxylation is 2. The third kappa shape index (κ3) is 3.87. The zero-order valence-corrected chi connectivity index (χ0v) is 19.7. The van der Waals surface area contributed by atoms with E-state index in [1.165, 1.54) is 11.1 Å². The lowest BCUT2D eigenvalue weighted by Gasteiger charge is -2.29. The summed E-state index contributed by atoms with van der Waals surface area (Å²) in [5.41, 5.74) is 6.71. The number of pyridine rings is 1. The van der Waals surface area contributed by atoms with Crippen LogP contribution in [0, 0.1) is 13.8 Å². The first-order valence-electron chi connectivity index (χ1n) is 11.0. The number of hydrogen-bond donors (Lipinski definition) is 1. The molecule has 0 unspecified atom stereocenters. The highest BCUT2D eigenvalue weighted by atomic mass is 32.1. The summed E-state index contributed by atoms with van der Waals surface area (Å²) in [5, 5.41) is 4.25. The second kappa shape index (κ2) is 8.71. The SMILES string of the molecule is COc1ccc(-n2cccc2[C@@H]2[C@H](c3ccccn3)NC(=S)N2c2ccc(C)c(C)c2)cc1. The van der Waals surface area contributed by atoms with Crippen LogP contribution in [0.2, 0.25) is 0 Å². The highest BCUT2D eigenvalue weighted by Crippen LogP contribution is 2.42. The number of thiocarbonyl (C=S) groups is 1. The Labute approximate surface area is 199 Å². The van der Waals surface area contributed by atoms with Crippen LogP contribution in [0.1, 0.15) is 34.6 Å². The fourth-order valence-electron chi connectivity index (χ4n) is 4.42. The van der Waals surface area contributed by atoms with E-state index >= 15 is 0 Å². The third-order valence-electron chi connectivity index (χ3n) is 6.30. The van der Waals surface area contributed by atoms with Crippen LogP contribution in [0.25, 0.3) is 5.69 Å². The van der Waals surface area contributed by atoms with Gasteiger partial charge in [-0.2, -0.15) is 0 Å². The van der Waals surface area contributed by atoms with Crippen LogP contribution in [0.15, 0.2) is 85.2 Å². The summed E-state index contributed by atoms with van der Waals surface area (Å²) in [4.78, 5) is 6.88. The minimum Gasteiger partial charge on any atom is -0.497 e. The highest BCUT2D eigenvalue weighted by Gasteiger charge is 2.42. The Balaban J connectivity index is 1.65. The number of nitrogens with zero attached hydrogens (tertiary/aromatic N) is 3. The van der Waals surface area contributed by atoms with Crippen LogP contribution in [0.3, 0.4) is 0 Å². The van der Waals surface area contributed by atoms with E-state index in [1.807, 2.05) is 30.5 Å². The molecule has 5 rings (SSSR count). The van der Waals surface area contributed by atoms with Crippen molar-refractivity contribution in [3.8, 4) is 11.4 Å². The number of aromatic nitrogens is 2. The summed E-state index contributed by atoms with van der Waals surface area (Å²) in [7, 11) is 1.68. The van der Waals surface area contributed by atoms with Gasteiger partial charge in [-0.05, 0) is 97.9 Å². The molecule has 2 aromatic heterocycles. The summed E-state index contributed by atoms with van der Waals surface area (Å²) < 4.78 is 7.56. The van der Waals surface area contributed by atoms with Gasteiger partial charge < -0.3 is 19.5 Å². The van der Waals surface area contributed by atoms with Crippen LogP contribution in [-0.2, 0) is 0 Å². The molecule has 2 aromatic carbocycles. The zero-order chi connectivity index (χ0) is 22.9. The van der Waals surface area contributed by atoms with Gasteiger partial charge in [0.1, 0.15) is 11.8 Å². The molecule has 1 fully saturated rings. The minimum absolute atomic E-state index is 0.0772. The fourth-order valence-corrected chi connectivity index (χ4v) is 4.77. The lowest BCUT2D eigenvalue weighted by molar-refractivity contribution is 0.414. The van der Waals surface area contributed by atoms with E-state index in [2.05, 4.69) is 88.3 Å². The van der Waals surface area contributed by atoms with Crippen molar-refractivity contribution in [1.29, 1.82) is 0 Å². The van der Waals surface area contributed by atoms with E-state index in [1.54, 1.807) is 7.11 Å². The largest absolute Gasteiger partial charge is 0.497 e. The number of benzene rings is 2. The van der Waals surface area contributed by atoms with E-state index < -0.39 is 0 Å². The maximum absolute atomic E-state index is 5.88. The monoisotopic (exact) mass is 454 g/mol. The maximum Gasteiger partial charge on any atom is 0.174 e. The van der Waals surface area contributed by atoms with Crippen molar-refractivity contribution in [3.05, 3.63) is 108 Å². The predicted octanol–water partition coefficient (Wildman–Crippen LogP) is 5.67. The van der Waals surface area contributed by atoms with Gasteiger partial charge in [-0.3, -0.25) is 4.98 Å². The third-order valence-corrected chi connectivity index (χ3v) is 6.62. The number of methoxy groups -OCH3 is 1. The lowest BCUT2D eigenvalue weighted by atomic mass is 10.00. The van der Waals surface area contributed by atoms with Crippen molar-refractivity contribution in [2.75, 3.05) is 12.0 Å². The van der Waals surface area contributed by atoms with Crippen molar-refractivity contribution in [2.24, 2.45) is 0 Å². The topological polar surface area (TPSA) is 42.3 Å². The van der Waals surface area contributed by atoms with Gasteiger partial charge in [-0.25, -0.2) is 0 Å². The molecule has 0 bridgehead atoms. The van der Waals surface area contributed by atoms with Crippen molar-refractivity contribution < 1.29 is 4.74 Å². The van der Waals surface area contributed by atoms with E-state index in [-0.39, 0.29) is 12.1 Å². The van der Waals surface area contributed by atoms with Crippen LogP contribution in [0.5, 0.6) is 5.75 Å². The van der Waals surface area contributed by atoms with Gasteiger partial charge in [0.25, 0.3) is 0 Å². The number of rotatable bonds is 5. The lowest BCUT2D eigenvalue weighted by Crippen LogP contribution is -2.30. The molecule has 1 aliphatic heterocycles. The molecule has 3 heterocycles. The van der Waals surface area contributed by atoms with Crippen molar-refractivity contribution in [2.45, 2.75) is 25.9 Å². The Morgan fingerprint density at radius 1 is 0.909 bits per heavy atom. The van der Waals surface area contributed by atoms with E-state index in [4.69, 9.17) is 17.0 Å². The summed E-state index contributed by atoms with van der Waals surface area (Å²) in [6.07, 6.45) is 3.92. The molecule has 33 heavy (non-hydrogen) atoms. The minimum atomic E-state index is -0.0905. The van der Waals surface area contributed by atoms with Gasteiger partial charge in [0.2, 0.25) is 0 Å². The molecule has 0 spiro atoms. The number of nitrogens with one attached hydrogen (secondary N) is 1. The molecule has 0 amide bonds. The van der Waals surface area contributed by atoms with Gasteiger partial charge in [0, 0.05) is 29.5 Å². The summed E-state index contributed by atoms with van der Waals surface area (Å²) in [6, 6.07) is 24.7. The first-order chi connectivity index (χ1) is 16.1. The molecule has 1 saturated heterocycles. The van der Waals surface area contributed by atoms with Gasteiger partial charge in [-0.1, -0.05) is 12.1 Å². The van der Waals surface area contributed by atoms with Gasteiger partial charge in [0.05, 0.1) is 18.8 Å². The Kier molecular flexibility index (Phi) is 5.60. The zero-order valence-electron chi connectivity index (χ0n) is 18.9. The molecule has 1 N–H and O–H groups in total. The average Bonchev–Trinajstić information content (AvgIpc) is 3.46. The second-order valence-corrected chi connectivity index (χ2v) is 8.65. The molecule has 5 nitrogen and oxygen atoms in total. The summed E-state index contributed by atoms with van der Waals surface area (Å²) in [5.74, 6) is 0.833. The van der Waals surface area contributed by atoms with Crippen molar-refractivity contribution in [1.82, 2.24) is 14.9 Å². The van der Waals surface area contributed by atoms with Crippen LogP contribution in [-0.4, -0.2) is 21.8 Å². The molecular formula is C27H26N4OS. The molecule has 2 atom stereocenters. The normalized spacial score (nSPS) is 17.8. The van der Waals surface area contributed by atoms with Gasteiger partial charge in [0.15, 0.2) is 5.11 Å². The van der Waals surface area contributed by atoms with E-state index in [0.717, 1.165) is 28.5 Å². The molecular weight excluding hydrogens is 428 g/mol. The second-order valence-electron chi connectivity index (χ2n) is 8.27. The highest BCUT2D eigenvalue weighted by molar-refractivity contribution is 7.80. The molecule has 4 aromatic rings. The quantitative estimate of drug-likeness (QED) is 0.393. The van der Waals surface area contributed by atoms with Crippen LogP contribution in [0.4, 0.5) is 5.69 Å². The van der Waals surface area contributed by atoms with Crippen molar-refractivity contribution in [3.63, 3.8) is 0 Å². The van der Waals surface area contributed by atoms with Gasteiger partial charge >= 0.3 is 0 Å². The maximum atomic E-state index is 5.88. The smallest absolute Gasteiger partial charge is 0.174 e. The number of hydrogen-bond acceptors (Lipinski definition) is 3. The Hall–Kier alpha value is -3.64. The standard InChI is InChI=1S/C27H26N4OS/c1-18-9-10-21(17-19(18)2)31-26(25(29-27(31)33)23-7-4-5-15-28-23)24-8-6-16-30(24)20-11-13-22(32-3)14-12-20/h4-17,25-26H,1-3H3,(H,29,33)/t25-,26+/m0/s1. The Morgan fingerprint density at radius 2 is 1.70 bits per heavy atom. The molecule has 6 heteroatoms. The van der Waals surface area contributed by atoms with Crippen LogP contribution < -0.4 is 15.0 Å². The molecule has 0 aliphatic carbocycles. The first-order valence-corrected chi connectivity index (χ1v) is 11.4. The number of ether oxygens (including phenoxy) is 1. The fraction of sp³-hybridized carbons (Fsp3) is 0.185. The summed E-state index contributed by atoms with van der Waals surface area (Å²) >= 11 is 5.88. The van der Waals surface area contributed by atoms with Crippen LogP contribution >= 0.6 is 12.2 Å². The first kappa shape index (κ1) is 21.2. The van der Waals surface area contributed by atoms with E-state index in [0.29, 0.717) is 5.11 Å². The molecule has 0 radical (unpaired) electrons. The molecule has 1 aliphatic rings. The number of anilines is 1. The predicted molar refractivity (Wildman–Crippen MR) is 136 cm³/mol. The van der Waals surface area contributed by atoms with Crippen molar-refractivity contribution >= 4 is 23.0 Å². The van der Waals surface area contributed by atoms with E-state index in [9.17, 15) is 0 Å². The average molecular weight is 455 g/mol. The Bertz CT molecular complexity index is 1280. The molecule has 0 saturated carbocycles. The summed E-state index contributed by atoms with van der Waals surface area (Å²) in [6.45, 7) is 4.26. The molecule has 166 valence electrons. The van der Waals surface area contributed by atoms with Gasteiger partial charge in [-0.15, -0.1) is 0 Å². The Morgan fingerprint density at radius 3 is 2.39 bits per heavy atom.